The molecule has 2 heterocycles. The molecule has 130 valence electrons. The number of hydrogen-bond donors (Lipinski definition) is 0. The van der Waals surface area contributed by atoms with Gasteiger partial charge >= 0.3 is 0 Å². The Morgan fingerprint density at radius 3 is 2.46 bits per heavy atom. The molecule has 1 amide bonds. The second-order valence-corrected chi connectivity index (χ2v) is 7.74. The van der Waals surface area contributed by atoms with E-state index in [4.69, 9.17) is 12.2 Å². The number of carbonyl (C=O) groups excluding carboxylic acids is 1. The highest BCUT2D eigenvalue weighted by molar-refractivity contribution is 8.26. The van der Waals surface area contributed by atoms with Crippen LogP contribution in [-0.2, 0) is 11.3 Å². The maximum Gasteiger partial charge on any atom is 0.268 e. The van der Waals surface area contributed by atoms with E-state index in [2.05, 4.69) is 30.0 Å². The van der Waals surface area contributed by atoms with E-state index in [1.165, 1.54) is 11.8 Å². The summed E-state index contributed by atoms with van der Waals surface area (Å²) in [5, 5.41) is 0. The fourth-order valence-corrected chi connectivity index (χ4v) is 4.57. The lowest BCUT2D eigenvalue weighted by molar-refractivity contribution is -0.122. The average Bonchev–Trinajstić information content (AvgIpc) is 2.96. The Labute approximate surface area is 163 Å². The van der Waals surface area contributed by atoms with Gasteiger partial charge in [0.15, 0.2) is 0 Å². The molecule has 5 heteroatoms. The molecular formula is C21H18N2OS2. The molecule has 2 aromatic carbocycles. The Morgan fingerprint density at radius 1 is 0.962 bits per heavy atom. The van der Waals surface area contributed by atoms with Crippen LogP contribution in [0.3, 0.4) is 0 Å². The third kappa shape index (κ3) is 2.97. The van der Waals surface area contributed by atoms with Crippen LogP contribution in [0.4, 0.5) is 5.69 Å². The number of fused-ring (bicyclic) bond motifs is 1. The summed E-state index contributed by atoms with van der Waals surface area (Å²) in [5.74, 6) is -0.0127. The van der Waals surface area contributed by atoms with Crippen molar-refractivity contribution < 1.29 is 4.79 Å². The normalized spacial score (nSPS) is 19.3. The first kappa shape index (κ1) is 17.1. The third-order valence-corrected chi connectivity index (χ3v) is 5.97. The van der Waals surface area contributed by atoms with Crippen molar-refractivity contribution in [2.75, 3.05) is 11.4 Å². The van der Waals surface area contributed by atoms with Gasteiger partial charge in [-0.1, -0.05) is 78.6 Å². The van der Waals surface area contributed by atoms with E-state index in [-0.39, 0.29) is 5.91 Å². The number of hydrogen-bond acceptors (Lipinski definition) is 4. The van der Waals surface area contributed by atoms with Crippen LogP contribution in [0.15, 0.2) is 71.3 Å². The zero-order valence-corrected chi connectivity index (χ0v) is 16.0. The number of nitrogens with zero attached hydrogens (tertiary/aromatic N) is 2. The Hall–Kier alpha value is -2.37. The number of anilines is 1. The fourth-order valence-electron chi connectivity index (χ4n) is 3.26. The van der Waals surface area contributed by atoms with E-state index in [1.54, 1.807) is 4.90 Å². The molecule has 4 rings (SSSR count). The van der Waals surface area contributed by atoms with Crippen molar-refractivity contribution >= 4 is 46.0 Å². The molecule has 0 N–H and O–H groups in total. The Balaban J connectivity index is 1.69. The molecule has 0 bridgehead atoms. The van der Waals surface area contributed by atoms with Crippen LogP contribution in [0.2, 0.25) is 0 Å². The van der Waals surface area contributed by atoms with Crippen LogP contribution in [0.25, 0.3) is 6.08 Å². The fraction of sp³-hybridized carbons (Fsp3) is 0.143. The van der Waals surface area contributed by atoms with Gasteiger partial charge in [-0.15, -0.1) is 0 Å². The summed E-state index contributed by atoms with van der Waals surface area (Å²) < 4.78 is 0.615. The minimum atomic E-state index is -0.0127. The van der Waals surface area contributed by atoms with E-state index in [0.717, 1.165) is 29.1 Å². The van der Waals surface area contributed by atoms with Gasteiger partial charge in [-0.05, 0) is 30.2 Å². The van der Waals surface area contributed by atoms with Gasteiger partial charge < -0.3 is 4.90 Å². The lowest BCUT2D eigenvalue weighted by Gasteiger charge is -2.30. The molecule has 0 aromatic heterocycles. The number of thioether (sulfide) groups is 1. The molecule has 26 heavy (non-hydrogen) atoms. The molecule has 2 aromatic rings. The number of allylic oxidation sites excluding steroid dienone is 1. The third-order valence-electron chi connectivity index (χ3n) is 4.52. The van der Waals surface area contributed by atoms with Crippen LogP contribution in [0.1, 0.15) is 18.1 Å². The van der Waals surface area contributed by atoms with Crippen molar-refractivity contribution in [2.24, 2.45) is 0 Å². The van der Waals surface area contributed by atoms with Crippen LogP contribution in [-0.4, -0.2) is 21.7 Å². The van der Waals surface area contributed by atoms with E-state index >= 15 is 0 Å². The van der Waals surface area contributed by atoms with Crippen molar-refractivity contribution in [3.8, 4) is 0 Å². The van der Waals surface area contributed by atoms with Crippen LogP contribution < -0.4 is 4.90 Å². The lowest BCUT2D eigenvalue weighted by Crippen LogP contribution is -2.30. The van der Waals surface area contributed by atoms with Gasteiger partial charge in [-0.3, -0.25) is 9.69 Å². The molecule has 0 atom stereocenters. The summed E-state index contributed by atoms with van der Waals surface area (Å²) >= 11 is 6.90. The van der Waals surface area contributed by atoms with Gasteiger partial charge in [-0.2, -0.15) is 0 Å². The number of amides is 1. The summed E-state index contributed by atoms with van der Waals surface area (Å²) in [7, 11) is 0. The Bertz CT molecular complexity index is 934. The largest absolute Gasteiger partial charge is 0.340 e. The first-order chi connectivity index (χ1) is 12.7. The molecule has 0 unspecified atom stereocenters. The summed E-state index contributed by atoms with van der Waals surface area (Å²) in [6.45, 7) is 3.40. The van der Waals surface area contributed by atoms with Gasteiger partial charge in [0.05, 0.1) is 12.2 Å². The molecule has 0 aliphatic carbocycles. The maximum absolute atomic E-state index is 13.1. The second-order valence-electron chi connectivity index (χ2n) is 6.10. The van der Waals surface area contributed by atoms with Crippen molar-refractivity contribution in [1.82, 2.24) is 4.90 Å². The summed E-state index contributed by atoms with van der Waals surface area (Å²) in [5.41, 5.74) is 4.30. The predicted octanol–water partition coefficient (Wildman–Crippen LogP) is 4.81. The molecule has 0 saturated carbocycles. The van der Waals surface area contributed by atoms with Crippen molar-refractivity contribution in [1.29, 1.82) is 0 Å². The molecule has 1 saturated heterocycles. The zero-order chi connectivity index (χ0) is 18.1. The van der Waals surface area contributed by atoms with Gasteiger partial charge in [0.1, 0.15) is 9.23 Å². The van der Waals surface area contributed by atoms with Crippen LogP contribution >= 0.6 is 24.0 Å². The standard InChI is InChI=1S/C21H18N2OS2/c1-2-22-17-11-7-6-10-16(17)12-13-18(22)19-20(24)23(21(25)26-19)14-15-8-4-3-5-9-15/h3-13H,2,14H2,1H3. The summed E-state index contributed by atoms with van der Waals surface area (Å²) in [4.78, 5) is 17.7. The highest BCUT2D eigenvalue weighted by atomic mass is 32.2. The second kappa shape index (κ2) is 7.09. The average molecular weight is 379 g/mol. The number of carbonyl (C=O) groups is 1. The zero-order valence-electron chi connectivity index (χ0n) is 14.4. The lowest BCUT2D eigenvalue weighted by atomic mass is 10.1. The van der Waals surface area contributed by atoms with Crippen molar-refractivity contribution in [3.63, 3.8) is 0 Å². The number of benzene rings is 2. The van der Waals surface area contributed by atoms with E-state index in [1.807, 2.05) is 48.5 Å². The Morgan fingerprint density at radius 2 is 1.69 bits per heavy atom. The van der Waals surface area contributed by atoms with Crippen LogP contribution in [0, 0.1) is 0 Å². The van der Waals surface area contributed by atoms with E-state index in [9.17, 15) is 4.79 Å². The number of rotatable bonds is 3. The summed E-state index contributed by atoms with van der Waals surface area (Å²) in [6, 6.07) is 18.2. The van der Waals surface area contributed by atoms with Gasteiger partial charge in [0, 0.05) is 12.2 Å². The highest BCUT2D eigenvalue weighted by Crippen LogP contribution is 2.39. The number of likely N-dealkylation sites (N-methyl/N-ethyl adjacent to an activating group) is 1. The molecule has 2 aliphatic heterocycles. The van der Waals surface area contributed by atoms with Crippen LogP contribution in [0.5, 0.6) is 0 Å². The smallest absolute Gasteiger partial charge is 0.268 e. The first-order valence-electron chi connectivity index (χ1n) is 8.55. The first-order valence-corrected chi connectivity index (χ1v) is 9.78. The highest BCUT2D eigenvalue weighted by Gasteiger charge is 2.36. The molecule has 3 nitrogen and oxygen atoms in total. The predicted molar refractivity (Wildman–Crippen MR) is 113 cm³/mol. The molecular weight excluding hydrogens is 360 g/mol. The van der Waals surface area contributed by atoms with E-state index in [0.29, 0.717) is 15.8 Å². The minimum absolute atomic E-state index is 0.0127. The van der Waals surface area contributed by atoms with Gasteiger partial charge in [0.25, 0.3) is 5.91 Å². The van der Waals surface area contributed by atoms with Gasteiger partial charge in [-0.25, -0.2) is 0 Å². The quantitative estimate of drug-likeness (QED) is 0.565. The topological polar surface area (TPSA) is 23.6 Å². The van der Waals surface area contributed by atoms with Gasteiger partial charge in [0.2, 0.25) is 0 Å². The number of thiocarbonyl (C=S) groups is 1. The van der Waals surface area contributed by atoms with Crippen molar-refractivity contribution in [2.45, 2.75) is 13.5 Å². The monoisotopic (exact) mass is 378 g/mol. The molecule has 0 spiro atoms. The van der Waals surface area contributed by atoms with E-state index < -0.39 is 0 Å². The summed E-state index contributed by atoms with van der Waals surface area (Å²) in [6.07, 6.45) is 4.10. The molecule has 0 radical (unpaired) electrons. The minimum Gasteiger partial charge on any atom is -0.340 e. The van der Waals surface area contributed by atoms with Crippen molar-refractivity contribution in [3.05, 3.63) is 82.4 Å². The SMILES string of the molecule is CCN1C(=C2SC(=S)N(Cc3ccccc3)C2=O)C=Cc2ccccc21. The number of para-hydroxylation sites is 1. The Kier molecular flexibility index (Phi) is 4.66. The molecule has 1 fully saturated rings. The maximum atomic E-state index is 13.1. The molecule has 2 aliphatic rings.